The van der Waals surface area contributed by atoms with Gasteiger partial charge in [0.1, 0.15) is 12.4 Å². The second kappa shape index (κ2) is 9.11. The number of urea groups is 1. The second-order valence-electron chi connectivity index (χ2n) is 6.61. The predicted octanol–water partition coefficient (Wildman–Crippen LogP) is 4.30. The third kappa shape index (κ3) is 6.14. The average molecular weight is 340 g/mol. The van der Waals surface area contributed by atoms with Gasteiger partial charge in [0.2, 0.25) is 0 Å². The highest BCUT2D eigenvalue weighted by Crippen LogP contribution is 2.16. The Morgan fingerprint density at radius 3 is 2.32 bits per heavy atom. The van der Waals surface area contributed by atoms with Crippen LogP contribution >= 0.6 is 0 Å². The van der Waals surface area contributed by atoms with Crippen LogP contribution in [0.4, 0.5) is 4.79 Å². The SMILES string of the molecule is Cc1cc(C)cc(OCCNC(=O)N(Cc2ccccc2)C(C)C)c1. The van der Waals surface area contributed by atoms with E-state index in [-0.39, 0.29) is 12.1 Å². The minimum atomic E-state index is -0.0668. The number of hydrogen-bond donors (Lipinski definition) is 1. The molecule has 0 fully saturated rings. The summed E-state index contributed by atoms with van der Waals surface area (Å²) in [4.78, 5) is 14.3. The summed E-state index contributed by atoms with van der Waals surface area (Å²) in [6.45, 7) is 9.67. The molecular weight excluding hydrogens is 312 g/mol. The van der Waals surface area contributed by atoms with Crippen LogP contribution in [-0.4, -0.2) is 30.1 Å². The molecular formula is C21H28N2O2. The second-order valence-corrected chi connectivity index (χ2v) is 6.61. The molecule has 0 atom stereocenters. The summed E-state index contributed by atoms with van der Waals surface area (Å²) >= 11 is 0. The molecule has 25 heavy (non-hydrogen) atoms. The van der Waals surface area contributed by atoms with Crippen LogP contribution in [-0.2, 0) is 6.54 Å². The molecule has 0 aliphatic rings. The number of amides is 2. The Labute approximate surface area is 150 Å². The van der Waals surface area contributed by atoms with E-state index in [1.54, 1.807) is 0 Å². The normalized spacial score (nSPS) is 10.6. The molecule has 0 aromatic heterocycles. The molecule has 0 bridgehead atoms. The van der Waals surface area contributed by atoms with E-state index in [1.165, 1.54) is 11.1 Å². The summed E-state index contributed by atoms with van der Waals surface area (Å²) < 4.78 is 5.74. The summed E-state index contributed by atoms with van der Waals surface area (Å²) in [5.74, 6) is 0.844. The molecule has 0 heterocycles. The van der Waals surface area contributed by atoms with E-state index in [0.717, 1.165) is 11.3 Å². The van der Waals surface area contributed by atoms with Gasteiger partial charge in [-0.1, -0.05) is 36.4 Å². The van der Waals surface area contributed by atoms with E-state index in [4.69, 9.17) is 4.74 Å². The van der Waals surface area contributed by atoms with E-state index < -0.39 is 0 Å². The first kappa shape index (κ1) is 18.8. The van der Waals surface area contributed by atoms with Crippen LogP contribution in [0.2, 0.25) is 0 Å². The van der Waals surface area contributed by atoms with Crippen LogP contribution in [0.15, 0.2) is 48.5 Å². The van der Waals surface area contributed by atoms with E-state index in [0.29, 0.717) is 19.7 Å². The Balaban J connectivity index is 1.82. The smallest absolute Gasteiger partial charge is 0.318 e. The Hall–Kier alpha value is -2.49. The summed E-state index contributed by atoms with van der Waals surface area (Å²) in [5, 5.41) is 2.95. The van der Waals surface area contributed by atoms with E-state index in [1.807, 2.05) is 75.1 Å². The van der Waals surface area contributed by atoms with Gasteiger partial charge in [-0.25, -0.2) is 4.79 Å². The number of hydrogen-bond acceptors (Lipinski definition) is 2. The number of benzene rings is 2. The largest absolute Gasteiger partial charge is 0.492 e. The highest BCUT2D eigenvalue weighted by molar-refractivity contribution is 5.74. The number of carbonyl (C=O) groups is 1. The van der Waals surface area contributed by atoms with Gasteiger partial charge < -0.3 is 15.0 Å². The lowest BCUT2D eigenvalue weighted by Gasteiger charge is -2.27. The summed E-state index contributed by atoms with van der Waals surface area (Å²) in [7, 11) is 0. The average Bonchev–Trinajstić information content (AvgIpc) is 2.56. The standard InChI is InChI=1S/C21H28N2O2/c1-16(2)23(15-19-8-6-5-7-9-19)21(24)22-10-11-25-20-13-17(3)12-18(4)14-20/h5-9,12-14,16H,10-11,15H2,1-4H3,(H,22,24). The first-order chi connectivity index (χ1) is 12.0. The molecule has 4 nitrogen and oxygen atoms in total. The van der Waals surface area contributed by atoms with Crippen molar-refractivity contribution in [3.8, 4) is 5.75 Å². The third-order valence-corrected chi connectivity index (χ3v) is 3.92. The third-order valence-electron chi connectivity index (χ3n) is 3.92. The van der Waals surface area contributed by atoms with Gasteiger partial charge >= 0.3 is 6.03 Å². The van der Waals surface area contributed by atoms with Crippen LogP contribution in [0.1, 0.15) is 30.5 Å². The molecule has 0 unspecified atom stereocenters. The van der Waals surface area contributed by atoms with Gasteiger partial charge in [-0.2, -0.15) is 0 Å². The van der Waals surface area contributed by atoms with Gasteiger partial charge in [0, 0.05) is 12.6 Å². The van der Waals surface area contributed by atoms with Crippen LogP contribution in [0.25, 0.3) is 0 Å². The molecule has 1 N–H and O–H groups in total. The van der Waals surface area contributed by atoms with Crippen molar-refractivity contribution in [2.45, 2.75) is 40.3 Å². The number of nitrogens with one attached hydrogen (secondary N) is 1. The van der Waals surface area contributed by atoms with Crippen LogP contribution in [0, 0.1) is 13.8 Å². The van der Waals surface area contributed by atoms with Gasteiger partial charge in [0.05, 0.1) is 6.54 Å². The molecule has 0 aliphatic heterocycles. The number of aryl methyl sites for hydroxylation is 2. The van der Waals surface area contributed by atoms with Crippen LogP contribution in [0.5, 0.6) is 5.75 Å². The molecule has 0 radical (unpaired) electrons. The van der Waals surface area contributed by atoms with E-state index >= 15 is 0 Å². The van der Waals surface area contributed by atoms with Crippen molar-refractivity contribution >= 4 is 6.03 Å². The maximum Gasteiger partial charge on any atom is 0.318 e. The summed E-state index contributed by atoms with van der Waals surface area (Å²) in [6, 6.07) is 16.2. The van der Waals surface area contributed by atoms with Crippen molar-refractivity contribution in [2.75, 3.05) is 13.2 Å². The zero-order valence-electron chi connectivity index (χ0n) is 15.6. The maximum atomic E-state index is 12.5. The lowest BCUT2D eigenvalue weighted by Crippen LogP contribution is -2.44. The fourth-order valence-electron chi connectivity index (χ4n) is 2.71. The monoisotopic (exact) mass is 340 g/mol. The molecule has 0 spiro atoms. The Morgan fingerprint density at radius 1 is 1.08 bits per heavy atom. The van der Waals surface area contributed by atoms with Crippen LogP contribution in [0.3, 0.4) is 0 Å². The molecule has 0 saturated carbocycles. The lowest BCUT2D eigenvalue weighted by atomic mass is 10.1. The molecule has 134 valence electrons. The van der Waals surface area contributed by atoms with Gasteiger partial charge in [0.25, 0.3) is 0 Å². The number of nitrogens with zero attached hydrogens (tertiary/aromatic N) is 1. The fraction of sp³-hybridized carbons (Fsp3) is 0.381. The van der Waals surface area contributed by atoms with Crippen molar-refractivity contribution in [1.82, 2.24) is 10.2 Å². The van der Waals surface area contributed by atoms with Crippen molar-refractivity contribution in [3.63, 3.8) is 0 Å². The van der Waals surface area contributed by atoms with Crippen molar-refractivity contribution in [2.24, 2.45) is 0 Å². The van der Waals surface area contributed by atoms with Gasteiger partial charge in [-0.3, -0.25) is 0 Å². The predicted molar refractivity (Wildman–Crippen MR) is 102 cm³/mol. The van der Waals surface area contributed by atoms with Crippen molar-refractivity contribution in [3.05, 3.63) is 65.2 Å². The number of ether oxygens (including phenoxy) is 1. The number of rotatable bonds is 7. The summed E-state index contributed by atoms with van der Waals surface area (Å²) in [6.07, 6.45) is 0. The topological polar surface area (TPSA) is 41.6 Å². The molecule has 2 rings (SSSR count). The Kier molecular flexibility index (Phi) is 6.87. The molecule has 0 aliphatic carbocycles. The first-order valence-corrected chi connectivity index (χ1v) is 8.75. The highest BCUT2D eigenvalue weighted by Gasteiger charge is 2.16. The zero-order valence-corrected chi connectivity index (χ0v) is 15.6. The summed E-state index contributed by atoms with van der Waals surface area (Å²) in [5.41, 5.74) is 3.47. The van der Waals surface area contributed by atoms with Crippen molar-refractivity contribution < 1.29 is 9.53 Å². The lowest BCUT2D eigenvalue weighted by molar-refractivity contribution is 0.177. The van der Waals surface area contributed by atoms with Crippen molar-refractivity contribution in [1.29, 1.82) is 0 Å². The van der Waals surface area contributed by atoms with Gasteiger partial charge in [0.15, 0.2) is 0 Å². The Morgan fingerprint density at radius 2 is 1.72 bits per heavy atom. The quantitative estimate of drug-likeness (QED) is 0.764. The minimum Gasteiger partial charge on any atom is -0.492 e. The molecule has 4 heteroatoms. The maximum absolute atomic E-state index is 12.5. The molecule has 2 aromatic rings. The number of carbonyl (C=O) groups excluding carboxylic acids is 1. The molecule has 2 aromatic carbocycles. The highest BCUT2D eigenvalue weighted by atomic mass is 16.5. The Bertz CT molecular complexity index is 663. The molecule has 0 saturated heterocycles. The first-order valence-electron chi connectivity index (χ1n) is 8.75. The fourth-order valence-corrected chi connectivity index (χ4v) is 2.71. The van der Waals surface area contributed by atoms with E-state index in [2.05, 4.69) is 11.4 Å². The van der Waals surface area contributed by atoms with Gasteiger partial charge in [-0.15, -0.1) is 0 Å². The van der Waals surface area contributed by atoms with E-state index in [9.17, 15) is 4.79 Å². The van der Waals surface area contributed by atoms with Crippen LogP contribution < -0.4 is 10.1 Å². The van der Waals surface area contributed by atoms with Gasteiger partial charge in [-0.05, 0) is 56.5 Å². The minimum absolute atomic E-state index is 0.0668. The zero-order chi connectivity index (χ0) is 18.2. The molecule has 2 amide bonds.